The van der Waals surface area contributed by atoms with Crippen LogP contribution in [0.15, 0.2) is 48.7 Å². The number of rotatable bonds is 2. The second-order valence-electron chi connectivity index (χ2n) is 4.54. The molecule has 19 heavy (non-hydrogen) atoms. The van der Waals surface area contributed by atoms with Gasteiger partial charge >= 0.3 is 0 Å². The second-order valence-corrected chi connectivity index (χ2v) is 5.78. The summed E-state index contributed by atoms with van der Waals surface area (Å²) in [5.74, 6) is 0.0666. The van der Waals surface area contributed by atoms with E-state index in [1.807, 2.05) is 49.4 Å². The summed E-state index contributed by atoms with van der Waals surface area (Å²) in [7, 11) is 0. The highest BCUT2D eigenvalue weighted by Gasteiger charge is 2.15. The normalized spacial score (nSPS) is 10.8. The van der Waals surface area contributed by atoms with E-state index >= 15 is 0 Å². The Bertz CT molecular complexity index is 756. The summed E-state index contributed by atoms with van der Waals surface area (Å²) >= 11 is 2.24. The summed E-state index contributed by atoms with van der Waals surface area (Å²) in [5, 5.41) is 1.02. The van der Waals surface area contributed by atoms with Gasteiger partial charge in [-0.25, -0.2) is 0 Å². The van der Waals surface area contributed by atoms with E-state index in [1.54, 1.807) is 6.20 Å². The molecule has 0 radical (unpaired) electrons. The van der Waals surface area contributed by atoms with E-state index in [1.165, 1.54) is 0 Å². The summed E-state index contributed by atoms with van der Waals surface area (Å²) in [6.45, 7) is 2.03. The number of benzene rings is 2. The zero-order chi connectivity index (χ0) is 13.4. The molecule has 0 unspecified atom stereocenters. The summed E-state index contributed by atoms with van der Waals surface area (Å²) in [6.07, 6.45) is 1.80. The first-order valence-corrected chi connectivity index (χ1v) is 7.11. The van der Waals surface area contributed by atoms with Crippen molar-refractivity contribution in [2.45, 2.75) is 6.92 Å². The van der Waals surface area contributed by atoms with Gasteiger partial charge in [0.1, 0.15) is 0 Å². The number of aryl methyl sites for hydroxylation is 1. The van der Waals surface area contributed by atoms with Crippen molar-refractivity contribution >= 4 is 39.3 Å². The second kappa shape index (κ2) is 4.81. The Morgan fingerprint density at radius 3 is 2.58 bits per heavy atom. The predicted octanol–water partition coefficient (Wildman–Crippen LogP) is 4.31. The minimum Gasteiger partial charge on any atom is -0.360 e. The first-order valence-electron chi connectivity index (χ1n) is 6.04. The fourth-order valence-corrected chi connectivity index (χ4v) is 2.66. The molecule has 94 valence electrons. The van der Waals surface area contributed by atoms with Gasteiger partial charge in [-0.3, -0.25) is 4.79 Å². The van der Waals surface area contributed by atoms with Gasteiger partial charge in [-0.1, -0.05) is 12.1 Å². The lowest BCUT2D eigenvalue weighted by Gasteiger charge is -2.02. The number of aromatic nitrogens is 1. The molecule has 1 aromatic heterocycles. The van der Waals surface area contributed by atoms with E-state index < -0.39 is 0 Å². The molecule has 0 aliphatic heterocycles. The third kappa shape index (κ3) is 2.18. The van der Waals surface area contributed by atoms with Crippen LogP contribution in [0.2, 0.25) is 0 Å². The number of hydrogen-bond acceptors (Lipinski definition) is 1. The average molecular weight is 361 g/mol. The molecule has 0 amide bonds. The molecule has 1 N–H and O–H groups in total. The maximum atomic E-state index is 12.6. The summed E-state index contributed by atoms with van der Waals surface area (Å²) < 4.78 is 1.13. The maximum Gasteiger partial charge on any atom is 0.195 e. The molecule has 2 nitrogen and oxygen atoms in total. The monoisotopic (exact) mass is 361 g/mol. The van der Waals surface area contributed by atoms with E-state index in [2.05, 4.69) is 27.6 Å². The molecule has 3 heteroatoms. The number of carbonyl (C=O) groups is 1. The number of fused-ring (bicyclic) bond motifs is 1. The molecule has 3 aromatic rings. The zero-order valence-corrected chi connectivity index (χ0v) is 12.6. The lowest BCUT2D eigenvalue weighted by Crippen LogP contribution is -2.00. The van der Waals surface area contributed by atoms with E-state index in [-0.39, 0.29) is 5.78 Å². The zero-order valence-electron chi connectivity index (χ0n) is 10.4. The van der Waals surface area contributed by atoms with Crippen LogP contribution in [-0.4, -0.2) is 10.8 Å². The molecule has 3 rings (SSSR count). The minimum absolute atomic E-state index is 0.0666. The maximum absolute atomic E-state index is 12.6. The number of aromatic amines is 1. The lowest BCUT2D eigenvalue weighted by molar-refractivity contribution is 0.104. The van der Waals surface area contributed by atoms with Gasteiger partial charge < -0.3 is 4.98 Å². The highest BCUT2D eigenvalue weighted by molar-refractivity contribution is 14.1. The van der Waals surface area contributed by atoms with Crippen LogP contribution in [0.25, 0.3) is 10.9 Å². The molecule has 0 atom stereocenters. The Balaban J connectivity index is 2.14. The van der Waals surface area contributed by atoms with E-state index in [9.17, 15) is 4.79 Å². The van der Waals surface area contributed by atoms with Gasteiger partial charge in [-0.05, 0) is 65.4 Å². The van der Waals surface area contributed by atoms with Gasteiger partial charge in [0.2, 0.25) is 0 Å². The Morgan fingerprint density at radius 1 is 1.11 bits per heavy atom. The highest BCUT2D eigenvalue weighted by atomic mass is 127. The summed E-state index contributed by atoms with van der Waals surface area (Å²) in [4.78, 5) is 15.7. The van der Waals surface area contributed by atoms with Crippen molar-refractivity contribution in [2.24, 2.45) is 0 Å². The van der Waals surface area contributed by atoms with Crippen LogP contribution < -0.4 is 0 Å². The molecule has 0 bridgehead atoms. The van der Waals surface area contributed by atoms with Crippen molar-refractivity contribution in [3.8, 4) is 0 Å². The van der Waals surface area contributed by atoms with Crippen molar-refractivity contribution in [3.63, 3.8) is 0 Å². The quantitative estimate of drug-likeness (QED) is 0.536. The fourth-order valence-electron chi connectivity index (χ4n) is 2.30. The topological polar surface area (TPSA) is 32.9 Å². The van der Waals surface area contributed by atoms with Crippen LogP contribution >= 0.6 is 22.6 Å². The first kappa shape index (κ1) is 12.4. The predicted molar refractivity (Wildman–Crippen MR) is 85.6 cm³/mol. The van der Waals surface area contributed by atoms with Crippen LogP contribution in [0.4, 0.5) is 0 Å². The van der Waals surface area contributed by atoms with Crippen LogP contribution in [0.3, 0.4) is 0 Å². The average Bonchev–Trinajstić information content (AvgIpc) is 2.84. The molecular formula is C16H12INO. The minimum atomic E-state index is 0.0666. The van der Waals surface area contributed by atoms with Crippen molar-refractivity contribution in [1.82, 2.24) is 4.98 Å². The Hall–Kier alpha value is -1.62. The van der Waals surface area contributed by atoms with Crippen LogP contribution in [0.5, 0.6) is 0 Å². The SMILES string of the molecule is Cc1cccc2[nH]cc(C(=O)c3ccc(I)cc3)c12. The number of nitrogens with one attached hydrogen (secondary N) is 1. The number of hydrogen-bond donors (Lipinski definition) is 1. The van der Waals surface area contributed by atoms with E-state index in [0.29, 0.717) is 0 Å². The number of H-pyrrole nitrogens is 1. The number of halogens is 1. The van der Waals surface area contributed by atoms with Gasteiger partial charge in [0.05, 0.1) is 0 Å². The van der Waals surface area contributed by atoms with Gasteiger partial charge in [0.25, 0.3) is 0 Å². The van der Waals surface area contributed by atoms with Crippen molar-refractivity contribution in [3.05, 3.63) is 68.9 Å². The Morgan fingerprint density at radius 2 is 1.84 bits per heavy atom. The molecule has 0 aliphatic carbocycles. The largest absolute Gasteiger partial charge is 0.360 e. The third-order valence-electron chi connectivity index (χ3n) is 3.27. The molecule has 0 aliphatic rings. The Labute approximate surface area is 125 Å². The molecule has 0 fully saturated rings. The molecule has 2 aromatic carbocycles. The number of carbonyl (C=O) groups excluding carboxylic acids is 1. The summed E-state index contributed by atoms with van der Waals surface area (Å²) in [5.41, 5.74) is 3.60. The van der Waals surface area contributed by atoms with Crippen molar-refractivity contribution in [2.75, 3.05) is 0 Å². The molecule has 0 saturated heterocycles. The molecule has 1 heterocycles. The number of ketones is 1. The van der Waals surface area contributed by atoms with Gasteiger partial charge in [0.15, 0.2) is 5.78 Å². The fraction of sp³-hybridized carbons (Fsp3) is 0.0625. The molecule has 0 spiro atoms. The molecular weight excluding hydrogens is 349 g/mol. The van der Waals surface area contributed by atoms with E-state index in [4.69, 9.17) is 0 Å². The standard InChI is InChI=1S/C16H12INO/c1-10-3-2-4-14-15(10)13(9-18-14)16(19)11-5-7-12(17)8-6-11/h2-9,18H,1H3. The Kier molecular flexibility index (Phi) is 3.14. The first-order chi connectivity index (χ1) is 9.16. The van der Waals surface area contributed by atoms with Crippen molar-refractivity contribution in [1.29, 1.82) is 0 Å². The van der Waals surface area contributed by atoms with Crippen LogP contribution in [0, 0.1) is 10.5 Å². The van der Waals surface area contributed by atoms with Crippen LogP contribution in [0.1, 0.15) is 21.5 Å². The summed E-state index contributed by atoms with van der Waals surface area (Å²) in [6, 6.07) is 13.7. The van der Waals surface area contributed by atoms with Crippen LogP contribution in [-0.2, 0) is 0 Å². The van der Waals surface area contributed by atoms with Gasteiger partial charge in [-0.15, -0.1) is 0 Å². The molecule has 0 saturated carbocycles. The highest BCUT2D eigenvalue weighted by Crippen LogP contribution is 2.24. The third-order valence-corrected chi connectivity index (χ3v) is 3.98. The lowest BCUT2D eigenvalue weighted by atomic mass is 10.0. The van der Waals surface area contributed by atoms with Gasteiger partial charge in [0, 0.05) is 31.8 Å². The smallest absolute Gasteiger partial charge is 0.195 e. The van der Waals surface area contributed by atoms with E-state index in [0.717, 1.165) is 31.2 Å². The van der Waals surface area contributed by atoms with Gasteiger partial charge in [-0.2, -0.15) is 0 Å². The van der Waals surface area contributed by atoms with Crippen molar-refractivity contribution < 1.29 is 4.79 Å².